The van der Waals surface area contributed by atoms with Gasteiger partial charge in [-0.25, -0.2) is 0 Å². The molecule has 2 aromatic carbocycles. The number of nitrogens with zero attached hydrogens (tertiary/aromatic N) is 1. The van der Waals surface area contributed by atoms with Crippen LogP contribution < -0.4 is 10.1 Å². The first-order valence-electron chi connectivity index (χ1n) is 10.1. The molecule has 5 heteroatoms. The molecule has 0 saturated carbocycles. The summed E-state index contributed by atoms with van der Waals surface area (Å²) in [4.78, 5) is 0. The van der Waals surface area contributed by atoms with Crippen LogP contribution in [-0.4, -0.2) is 48.7 Å². The second-order valence-electron chi connectivity index (χ2n) is 7.48. The predicted molar refractivity (Wildman–Crippen MR) is 111 cm³/mol. The highest BCUT2D eigenvalue weighted by Gasteiger charge is 2.19. The van der Waals surface area contributed by atoms with Gasteiger partial charge in [0.2, 0.25) is 0 Å². The van der Waals surface area contributed by atoms with Gasteiger partial charge in [-0.2, -0.15) is 0 Å². The molecule has 4 rings (SSSR count). The van der Waals surface area contributed by atoms with Crippen molar-refractivity contribution in [2.24, 2.45) is 0 Å². The Hall–Kier alpha value is -2.34. The average molecular weight is 381 g/mol. The number of rotatable bonds is 8. The molecule has 1 aliphatic heterocycles. The van der Waals surface area contributed by atoms with E-state index in [-0.39, 0.29) is 0 Å². The van der Waals surface area contributed by atoms with E-state index >= 15 is 0 Å². The van der Waals surface area contributed by atoms with E-state index in [2.05, 4.69) is 46.3 Å². The fraction of sp³-hybridized carbons (Fsp3) is 0.391. The molecule has 1 aliphatic rings. The molecule has 28 heavy (non-hydrogen) atoms. The van der Waals surface area contributed by atoms with E-state index in [1.165, 1.54) is 5.39 Å². The molecule has 1 aromatic heterocycles. The molecule has 0 spiro atoms. The molecule has 1 fully saturated rings. The monoisotopic (exact) mass is 381 g/mol. The fourth-order valence-electron chi connectivity index (χ4n) is 4.00. The fourth-order valence-corrected chi connectivity index (χ4v) is 4.00. The molecule has 2 heterocycles. The Bertz CT molecular complexity index is 898. The average Bonchev–Trinajstić information content (AvgIpc) is 3.36. The number of nitrogens with two attached hydrogens (primary N) is 1. The highest BCUT2D eigenvalue weighted by molar-refractivity contribution is 5.87. The molecule has 0 radical (unpaired) electrons. The highest BCUT2D eigenvalue weighted by atomic mass is 16.5. The first-order valence-corrected chi connectivity index (χ1v) is 10.1. The maximum Gasteiger partial charge on any atom is 0.121 e. The number of benzene rings is 2. The van der Waals surface area contributed by atoms with E-state index in [1.807, 2.05) is 18.2 Å². The van der Waals surface area contributed by atoms with Gasteiger partial charge in [0.05, 0.1) is 13.7 Å². The lowest BCUT2D eigenvalue weighted by molar-refractivity contribution is -0.666. The van der Waals surface area contributed by atoms with Gasteiger partial charge in [-0.05, 0) is 54.8 Å². The maximum absolute atomic E-state index is 10.7. The number of hydrogen-bond acceptors (Lipinski definition) is 3. The van der Waals surface area contributed by atoms with Crippen molar-refractivity contribution in [1.29, 1.82) is 0 Å². The topological polar surface area (TPSA) is 60.2 Å². The minimum Gasteiger partial charge on any atom is -0.497 e. The zero-order valence-electron chi connectivity index (χ0n) is 16.4. The smallest absolute Gasteiger partial charge is 0.121 e. The third-order valence-electron chi connectivity index (χ3n) is 5.48. The molecule has 2 atom stereocenters. The summed E-state index contributed by atoms with van der Waals surface area (Å²) in [6, 6.07) is 18.6. The Morgan fingerprint density at radius 3 is 2.79 bits per heavy atom. The van der Waals surface area contributed by atoms with E-state index in [4.69, 9.17) is 9.47 Å². The number of methoxy groups -OCH3 is 1. The van der Waals surface area contributed by atoms with Gasteiger partial charge in [0.25, 0.3) is 0 Å². The molecule has 5 nitrogen and oxygen atoms in total. The van der Waals surface area contributed by atoms with Crippen molar-refractivity contribution in [2.45, 2.75) is 31.6 Å². The quantitative estimate of drug-likeness (QED) is 0.630. The number of aromatic nitrogens is 1. The number of aliphatic hydroxyl groups excluding tert-OH is 1. The van der Waals surface area contributed by atoms with Crippen LogP contribution in [0.5, 0.6) is 5.75 Å². The van der Waals surface area contributed by atoms with E-state index in [0.717, 1.165) is 48.5 Å². The van der Waals surface area contributed by atoms with E-state index < -0.39 is 6.10 Å². The van der Waals surface area contributed by atoms with Crippen LogP contribution in [0.3, 0.4) is 0 Å². The molecule has 0 aliphatic carbocycles. The Labute approximate surface area is 165 Å². The normalized spacial score (nSPS) is 17.9. The number of aliphatic hydroxyl groups is 1. The SMILES string of the molecule is COc1ccc(-c2cc3ccccc3n2C[C@@H](O)C[NH2+]C[C@@H]2CCCO2)cc1. The number of quaternary nitrogens is 1. The summed E-state index contributed by atoms with van der Waals surface area (Å²) in [6.45, 7) is 3.04. The van der Waals surface area contributed by atoms with Crippen LogP contribution in [0.25, 0.3) is 22.2 Å². The molecule has 3 aromatic rings. The molecule has 0 amide bonds. The van der Waals surface area contributed by atoms with Gasteiger partial charge in [-0.1, -0.05) is 18.2 Å². The van der Waals surface area contributed by atoms with E-state index in [9.17, 15) is 5.11 Å². The van der Waals surface area contributed by atoms with Gasteiger partial charge in [0.1, 0.15) is 31.0 Å². The van der Waals surface area contributed by atoms with Gasteiger partial charge < -0.3 is 24.5 Å². The van der Waals surface area contributed by atoms with Crippen molar-refractivity contribution in [3.63, 3.8) is 0 Å². The lowest BCUT2D eigenvalue weighted by Gasteiger charge is -2.16. The summed E-state index contributed by atoms with van der Waals surface area (Å²) in [5.74, 6) is 0.843. The Morgan fingerprint density at radius 1 is 1.21 bits per heavy atom. The second-order valence-corrected chi connectivity index (χ2v) is 7.48. The standard InChI is InChI=1S/C23H28N2O3/c1-27-20-10-8-17(9-11-20)23-13-18-5-2-3-7-22(18)25(23)16-19(26)14-24-15-21-6-4-12-28-21/h2-3,5,7-11,13,19,21,24,26H,4,6,12,14-16H2,1H3/p+1/t19-,21-/m0/s1. The Balaban J connectivity index is 1.52. The van der Waals surface area contributed by atoms with Crippen molar-refractivity contribution in [3.8, 4) is 17.0 Å². The van der Waals surface area contributed by atoms with Gasteiger partial charge in [-0.3, -0.25) is 0 Å². The van der Waals surface area contributed by atoms with Crippen molar-refractivity contribution >= 4 is 10.9 Å². The van der Waals surface area contributed by atoms with Crippen molar-refractivity contribution < 1.29 is 19.9 Å². The number of para-hydroxylation sites is 1. The molecule has 0 unspecified atom stereocenters. The zero-order chi connectivity index (χ0) is 19.3. The van der Waals surface area contributed by atoms with Gasteiger partial charge in [0.15, 0.2) is 0 Å². The zero-order valence-corrected chi connectivity index (χ0v) is 16.4. The van der Waals surface area contributed by atoms with Crippen LogP contribution in [-0.2, 0) is 11.3 Å². The lowest BCUT2D eigenvalue weighted by Crippen LogP contribution is -2.88. The molecular weight excluding hydrogens is 352 g/mol. The van der Waals surface area contributed by atoms with Crippen molar-refractivity contribution in [1.82, 2.24) is 4.57 Å². The van der Waals surface area contributed by atoms with Crippen LogP contribution in [0.15, 0.2) is 54.6 Å². The minimum atomic E-state index is -0.422. The summed E-state index contributed by atoms with van der Waals surface area (Å²) in [6.07, 6.45) is 2.21. The molecule has 0 bridgehead atoms. The van der Waals surface area contributed by atoms with Crippen LogP contribution in [0.4, 0.5) is 0 Å². The second kappa shape index (κ2) is 8.78. The van der Waals surface area contributed by atoms with Crippen LogP contribution in [0.1, 0.15) is 12.8 Å². The summed E-state index contributed by atoms with van der Waals surface area (Å²) >= 11 is 0. The third-order valence-corrected chi connectivity index (χ3v) is 5.48. The summed E-state index contributed by atoms with van der Waals surface area (Å²) in [5.41, 5.74) is 3.38. The molecule has 1 saturated heterocycles. The van der Waals surface area contributed by atoms with Crippen molar-refractivity contribution in [3.05, 3.63) is 54.6 Å². The first kappa shape index (κ1) is 19.0. The van der Waals surface area contributed by atoms with Crippen molar-refractivity contribution in [2.75, 3.05) is 26.8 Å². The van der Waals surface area contributed by atoms with E-state index in [0.29, 0.717) is 19.2 Å². The Morgan fingerprint density at radius 2 is 2.04 bits per heavy atom. The summed E-state index contributed by atoms with van der Waals surface area (Å²) < 4.78 is 13.2. The Kier molecular flexibility index (Phi) is 5.95. The van der Waals surface area contributed by atoms with Crippen LogP contribution >= 0.6 is 0 Å². The largest absolute Gasteiger partial charge is 0.497 e. The summed E-state index contributed by atoms with van der Waals surface area (Å²) in [5, 5.41) is 14.1. The van der Waals surface area contributed by atoms with Gasteiger partial charge in [0, 0.05) is 23.2 Å². The summed E-state index contributed by atoms with van der Waals surface area (Å²) in [7, 11) is 1.68. The number of hydrogen-bond donors (Lipinski definition) is 2. The number of fused-ring (bicyclic) bond motifs is 1. The van der Waals surface area contributed by atoms with Crippen LogP contribution in [0.2, 0.25) is 0 Å². The molecular formula is C23H29N2O3+. The number of ether oxygens (including phenoxy) is 2. The maximum atomic E-state index is 10.7. The third kappa shape index (κ3) is 4.22. The highest BCUT2D eigenvalue weighted by Crippen LogP contribution is 2.29. The predicted octanol–water partition coefficient (Wildman–Crippen LogP) is 2.42. The molecule has 3 N–H and O–H groups in total. The molecule has 148 valence electrons. The van der Waals surface area contributed by atoms with Crippen LogP contribution in [0, 0.1) is 0 Å². The minimum absolute atomic E-state index is 0.342. The van der Waals surface area contributed by atoms with Gasteiger partial charge >= 0.3 is 0 Å². The van der Waals surface area contributed by atoms with E-state index in [1.54, 1.807) is 7.11 Å². The van der Waals surface area contributed by atoms with Gasteiger partial charge in [-0.15, -0.1) is 0 Å². The lowest BCUT2D eigenvalue weighted by atomic mass is 10.1. The first-order chi connectivity index (χ1) is 13.7.